The molecule has 1 unspecified atom stereocenters. The van der Waals surface area contributed by atoms with E-state index in [1.807, 2.05) is 17.1 Å². The number of hydrogen-bond donors (Lipinski definition) is 1. The fourth-order valence-corrected chi connectivity index (χ4v) is 2.31. The van der Waals surface area contributed by atoms with E-state index in [4.69, 9.17) is 0 Å². The molecule has 0 spiro atoms. The van der Waals surface area contributed by atoms with E-state index in [9.17, 15) is 0 Å². The van der Waals surface area contributed by atoms with E-state index in [2.05, 4.69) is 47.2 Å². The lowest BCUT2D eigenvalue weighted by Crippen LogP contribution is -2.25. The van der Waals surface area contributed by atoms with Crippen molar-refractivity contribution in [3.8, 4) is 0 Å². The van der Waals surface area contributed by atoms with Crippen LogP contribution in [-0.4, -0.2) is 26.3 Å². The number of nitrogens with zero attached hydrogens (tertiary/aromatic N) is 4. The van der Waals surface area contributed by atoms with Gasteiger partial charge in [-0.05, 0) is 37.6 Å². The zero-order chi connectivity index (χ0) is 13.7. The number of rotatable bonds is 6. The highest BCUT2D eigenvalue weighted by molar-refractivity contribution is 5.26. The molecule has 2 heterocycles. The molecule has 102 valence electrons. The maximum atomic E-state index is 4.36. The largest absolute Gasteiger partial charge is 0.310 e. The standard InChI is InChI=1S/C14H21N5/c1-4-16-13(12-6-7-15-9-11(12)3)8-14-17-10-18-19(14)5-2/h6-7,9-10,13,16H,4-5,8H2,1-3H3. The van der Waals surface area contributed by atoms with Crippen molar-refractivity contribution in [1.29, 1.82) is 0 Å². The Hall–Kier alpha value is -1.75. The first-order chi connectivity index (χ1) is 9.26. The van der Waals surface area contributed by atoms with Gasteiger partial charge >= 0.3 is 0 Å². The molecular weight excluding hydrogens is 238 g/mol. The summed E-state index contributed by atoms with van der Waals surface area (Å²) >= 11 is 0. The maximum absolute atomic E-state index is 4.36. The molecule has 0 saturated heterocycles. The SMILES string of the molecule is CCNC(Cc1ncnn1CC)c1ccncc1C. The lowest BCUT2D eigenvalue weighted by molar-refractivity contribution is 0.507. The molecule has 0 aliphatic carbocycles. The molecule has 0 radical (unpaired) electrons. The van der Waals surface area contributed by atoms with Crippen LogP contribution < -0.4 is 5.32 Å². The third kappa shape index (κ3) is 3.17. The van der Waals surface area contributed by atoms with Gasteiger partial charge in [0.25, 0.3) is 0 Å². The van der Waals surface area contributed by atoms with Crippen molar-refractivity contribution in [3.63, 3.8) is 0 Å². The normalized spacial score (nSPS) is 12.6. The molecule has 2 aromatic rings. The van der Waals surface area contributed by atoms with Crippen molar-refractivity contribution < 1.29 is 0 Å². The molecule has 5 nitrogen and oxygen atoms in total. The Bertz CT molecular complexity index is 520. The fourth-order valence-electron chi connectivity index (χ4n) is 2.31. The molecule has 0 aromatic carbocycles. The number of likely N-dealkylation sites (N-methyl/N-ethyl adjacent to an activating group) is 1. The minimum absolute atomic E-state index is 0.252. The summed E-state index contributed by atoms with van der Waals surface area (Å²) in [5.74, 6) is 1.02. The highest BCUT2D eigenvalue weighted by Gasteiger charge is 2.16. The molecule has 0 fully saturated rings. The average Bonchev–Trinajstić information content (AvgIpc) is 2.86. The first-order valence-corrected chi connectivity index (χ1v) is 6.76. The molecule has 19 heavy (non-hydrogen) atoms. The second-order valence-electron chi connectivity index (χ2n) is 4.54. The van der Waals surface area contributed by atoms with Crippen LogP contribution in [0.5, 0.6) is 0 Å². The van der Waals surface area contributed by atoms with E-state index in [-0.39, 0.29) is 6.04 Å². The summed E-state index contributed by atoms with van der Waals surface area (Å²) in [4.78, 5) is 8.52. The number of pyridine rings is 1. The number of hydrogen-bond acceptors (Lipinski definition) is 4. The van der Waals surface area contributed by atoms with E-state index in [0.29, 0.717) is 0 Å². The predicted octanol–water partition coefficient (Wildman–Crippen LogP) is 1.89. The Balaban J connectivity index is 2.24. The smallest absolute Gasteiger partial charge is 0.138 e. The van der Waals surface area contributed by atoms with Gasteiger partial charge < -0.3 is 5.32 Å². The minimum Gasteiger partial charge on any atom is -0.310 e. The highest BCUT2D eigenvalue weighted by atomic mass is 15.3. The molecule has 5 heteroatoms. The zero-order valence-corrected chi connectivity index (χ0v) is 11.8. The first kappa shape index (κ1) is 13.7. The summed E-state index contributed by atoms with van der Waals surface area (Å²) in [6, 6.07) is 2.33. The van der Waals surface area contributed by atoms with E-state index in [1.54, 1.807) is 6.33 Å². The fraction of sp³-hybridized carbons (Fsp3) is 0.500. The zero-order valence-electron chi connectivity index (χ0n) is 11.8. The Morgan fingerprint density at radius 2 is 2.21 bits per heavy atom. The maximum Gasteiger partial charge on any atom is 0.138 e. The van der Waals surface area contributed by atoms with Crippen LogP contribution in [-0.2, 0) is 13.0 Å². The van der Waals surface area contributed by atoms with Crippen molar-refractivity contribution in [1.82, 2.24) is 25.1 Å². The molecule has 1 atom stereocenters. The summed E-state index contributed by atoms with van der Waals surface area (Å²) < 4.78 is 1.95. The number of nitrogens with one attached hydrogen (secondary N) is 1. The van der Waals surface area contributed by atoms with Gasteiger partial charge in [0.1, 0.15) is 12.2 Å². The second kappa shape index (κ2) is 6.43. The van der Waals surface area contributed by atoms with Gasteiger partial charge in [-0.2, -0.15) is 5.10 Å². The van der Waals surface area contributed by atoms with Crippen LogP contribution in [0, 0.1) is 6.92 Å². The quantitative estimate of drug-likeness (QED) is 0.860. The summed E-state index contributed by atoms with van der Waals surface area (Å²) in [6.45, 7) is 8.07. The second-order valence-corrected chi connectivity index (χ2v) is 4.54. The molecule has 0 bridgehead atoms. The third-order valence-corrected chi connectivity index (χ3v) is 3.27. The highest BCUT2D eigenvalue weighted by Crippen LogP contribution is 2.20. The van der Waals surface area contributed by atoms with Gasteiger partial charge in [0.15, 0.2) is 0 Å². The monoisotopic (exact) mass is 259 g/mol. The Morgan fingerprint density at radius 1 is 1.37 bits per heavy atom. The van der Waals surface area contributed by atoms with E-state index in [0.717, 1.165) is 25.3 Å². The van der Waals surface area contributed by atoms with Crippen molar-refractivity contribution in [2.75, 3.05) is 6.54 Å². The Labute approximate surface area is 114 Å². The van der Waals surface area contributed by atoms with Crippen LogP contribution in [0.25, 0.3) is 0 Å². The topological polar surface area (TPSA) is 55.6 Å². The van der Waals surface area contributed by atoms with Crippen molar-refractivity contribution in [3.05, 3.63) is 41.7 Å². The third-order valence-electron chi connectivity index (χ3n) is 3.27. The molecule has 2 aromatic heterocycles. The van der Waals surface area contributed by atoms with Gasteiger partial charge in [-0.15, -0.1) is 0 Å². The molecular formula is C14H21N5. The molecule has 0 amide bonds. The molecule has 1 N–H and O–H groups in total. The van der Waals surface area contributed by atoms with Crippen LogP contribution in [0.2, 0.25) is 0 Å². The molecule has 0 saturated carbocycles. The predicted molar refractivity (Wildman–Crippen MR) is 74.8 cm³/mol. The minimum atomic E-state index is 0.252. The lowest BCUT2D eigenvalue weighted by Gasteiger charge is -2.19. The number of aromatic nitrogens is 4. The van der Waals surface area contributed by atoms with Crippen molar-refractivity contribution >= 4 is 0 Å². The van der Waals surface area contributed by atoms with Crippen LogP contribution >= 0.6 is 0 Å². The van der Waals surface area contributed by atoms with Crippen LogP contribution in [0.1, 0.15) is 36.8 Å². The summed E-state index contributed by atoms with van der Waals surface area (Å²) in [5.41, 5.74) is 2.48. The Morgan fingerprint density at radius 3 is 2.89 bits per heavy atom. The summed E-state index contributed by atoms with van der Waals surface area (Å²) in [6.07, 6.45) is 6.22. The average molecular weight is 259 g/mol. The van der Waals surface area contributed by atoms with E-state index < -0.39 is 0 Å². The van der Waals surface area contributed by atoms with Crippen molar-refractivity contribution in [2.45, 2.75) is 39.8 Å². The van der Waals surface area contributed by atoms with Gasteiger partial charge in [0, 0.05) is 31.4 Å². The van der Waals surface area contributed by atoms with Gasteiger partial charge in [0.05, 0.1) is 0 Å². The molecule has 0 aliphatic rings. The first-order valence-electron chi connectivity index (χ1n) is 6.76. The lowest BCUT2D eigenvalue weighted by atomic mass is 10.0. The van der Waals surface area contributed by atoms with Crippen LogP contribution in [0.15, 0.2) is 24.8 Å². The number of aryl methyl sites for hydroxylation is 2. The van der Waals surface area contributed by atoms with Crippen molar-refractivity contribution in [2.24, 2.45) is 0 Å². The van der Waals surface area contributed by atoms with Gasteiger partial charge in [0.2, 0.25) is 0 Å². The van der Waals surface area contributed by atoms with Gasteiger partial charge in [-0.25, -0.2) is 4.98 Å². The van der Waals surface area contributed by atoms with Gasteiger partial charge in [-0.3, -0.25) is 9.67 Å². The molecule has 0 aliphatic heterocycles. The van der Waals surface area contributed by atoms with E-state index >= 15 is 0 Å². The van der Waals surface area contributed by atoms with Crippen LogP contribution in [0.3, 0.4) is 0 Å². The molecule has 2 rings (SSSR count). The summed E-state index contributed by atoms with van der Waals surface area (Å²) in [5, 5.41) is 7.75. The summed E-state index contributed by atoms with van der Waals surface area (Å²) in [7, 11) is 0. The Kier molecular flexibility index (Phi) is 4.63. The van der Waals surface area contributed by atoms with Crippen LogP contribution in [0.4, 0.5) is 0 Å². The van der Waals surface area contributed by atoms with Gasteiger partial charge in [-0.1, -0.05) is 6.92 Å². The van der Waals surface area contributed by atoms with E-state index in [1.165, 1.54) is 11.1 Å².